The average molecular weight is 270 g/mol. The molecule has 5 heteroatoms. The summed E-state index contributed by atoms with van der Waals surface area (Å²) in [4.78, 5) is 2.47. The molecule has 1 atom stereocenters. The molecule has 0 fully saturated rings. The van der Waals surface area contributed by atoms with Gasteiger partial charge >= 0.3 is 0 Å². The summed E-state index contributed by atoms with van der Waals surface area (Å²) < 4.78 is 23.3. The summed E-state index contributed by atoms with van der Waals surface area (Å²) >= 11 is 0. The second kappa shape index (κ2) is 6.20. The van der Waals surface area contributed by atoms with Crippen LogP contribution in [0.25, 0.3) is 0 Å². The number of sulfone groups is 1. The van der Waals surface area contributed by atoms with Crippen molar-refractivity contribution in [1.82, 2.24) is 4.90 Å². The maximum Gasteiger partial charge on any atom is 0.177 e. The topological polar surface area (TPSA) is 49.4 Å². The molecule has 4 nitrogen and oxygen atoms in total. The van der Waals surface area contributed by atoms with Gasteiger partial charge in [0.25, 0.3) is 0 Å². The van der Waals surface area contributed by atoms with Gasteiger partial charge in [-0.3, -0.25) is 0 Å². The normalized spacial score (nSPS) is 13.6. The zero-order valence-electron chi connectivity index (χ0n) is 11.5. The van der Waals surface area contributed by atoms with Crippen molar-refractivity contribution in [3.63, 3.8) is 0 Å². The van der Waals surface area contributed by atoms with Gasteiger partial charge in [0.05, 0.1) is 10.6 Å². The number of anilines is 1. The Balaban J connectivity index is 2.79. The molecule has 1 aromatic carbocycles. The summed E-state index contributed by atoms with van der Waals surface area (Å²) in [5, 5.41) is 3.27. The van der Waals surface area contributed by atoms with Gasteiger partial charge in [0.1, 0.15) is 0 Å². The first-order valence-corrected chi connectivity index (χ1v) is 7.90. The summed E-state index contributed by atoms with van der Waals surface area (Å²) in [6, 6.07) is 7.26. The number of hydrogen-bond donors (Lipinski definition) is 1. The van der Waals surface area contributed by atoms with Gasteiger partial charge in [0.2, 0.25) is 0 Å². The Bertz CT molecular complexity index is 484. The minimum absolute atomic E-state index is 0.232. The number of benzene rings is 1. The van der Waals surface area contributed by atoms with Crippen LogP contribution in [0.1, 0.15) is 13.3 Å². The second-order valence-corrected chi connectivity index (χ2v) is 6.89. The van der Waals surface area contributed by atoms with Crippen molar-refractivity contribution < 1.29 is 8.42 Å². The van der Waals surface area contributed by atoms with Crippen LogP contribution in [-0.4, -0.2) is 46.3 Å². The molecule has 0 aliphatic heterocycles. The number of para-hydroxylation sites is 1. The van der Waals surface area contributed by atoms with Crippen LogP contribution in [0.3, 0.4) is 0 Å². The maximum atomic E-state index is 11.7. The fourth-order valence-electron chi connectivity index (χ4n) is 1.70. The van der Waals surface area contributed by atoms with Gasteiger partial charge in [-0.2, -0.15) is 0 Å². The lowest BCUT2D eigenvalue weighted by molar-refractivity contribution is 0.390. The molecular weight excluding hydrogens is 248 g/mol. The van der Waals surface area contributed by atoms with Crippen LogP contribution in [0, 0.1) is 0 Å². The molecule has 0 aliphatic carbocycles. The first-order chi connectivity index (χ1) is 8.30. The van der Waals surface area contributed by atoms with Crippen LogP contribution in [0.5, 0.6) is 0 Å². The SMILES string of the molecule is CC(CCN(C)C)Nc1ccccc1S(C)(=O)=O. The largest absolute Gasteiger partial charge is 0.381 e. The van der Waals surface area contributed by atoms with Crippen LogP contribution in [-0.2, 0) is 9.84 Å². The monoisotopic (exact) mass is 270 g/mol. The van der Waals surface area contributed by atoms with Crippen LogP contribution in [0.4, 0.5) is 5.69 Å². The van der Waals surface area contributed by atoms with Gasteiger partial charge in [0.15, 0.2) is 9.84 Å². The number of rotatable bonds is 6. The van der Waals surface area contributed by atoms with E-state index in [9.17, 15) is 8.42 Å². The predicted octanol–water partition coefficient (Wildman–Crippen LogP) is 1.84. The van der Waals surface area contributed by atoms with Crippen molar-refractivity contribution in [1.29, 1.82) is 0 Å². The Morgan fingerprint density at radius 2 is 1.89 bits per heavy atom. The quantitative estimate of drug-likeness (QED) is 0.857. The molecule has 1 rings (SSSR count). The van der Waals surface area contributed by atoms with Gasteiger partial charge in [-0.25, -0.2) is 8.42 Å². The molecule has 0 aliphatic rings. The van der Waals surface area contributed by atoms with Crippen LogP contribution in [0.2, 0.25) is 0 Å². The van der Waals surface area contributed by atoms with Crippen LogP contribution < -0.4 is 5.32 Å². The highest BCUT2D eigenvalue weighted by Gasteiger charge is 2.13. The number of hydrogen-bond acceptors (Lipinski definition) is 4. The minimum Gasteiger partial charge on any atom is -0.381 e. The minimum atomic E-state index is -3.18. The molecule has 0 radical (unpaired) electrons. The van der Waals surface area contributed by atoms with E-state index in [0.29, 0.717) is 10.6 Å². The van der Waals surface area contributed by atoms with Gasteiger partial charge < -0.3 is 10.2 Å². The molecule has 0 spiro atoms. The number of nitrogens with one attached hydrogen (secondary N) is 1. The first kappa shape index (κ1) is 15.0. The summed E-state index contributed by atoms with van der Waals surface area (Å²) in [5.41, 5.74) is 0.686. The van der Waals surface area contributed by atoms with E-state index < -0.39 is 9.84 Å². The van der Waals surface area contributed by atoms with Crippen molar-refractivity contribution in [2.75, 3.05) is 32.2 Å². The molecular formula is C13H22N2O2S. The van der Waals surface area contributed by atoms with Crippen molar-refractivity contribution >= 4 is 15.5 Å². The Morgan fingerprint density at radius 1 is 1.28 bits per heavy atom. The van der Waals surface area contributed by atoms with Gasteiger partial charge in [-0.1, -0.05) is 12.1 Å². The summed E-state index contributed by atoms with van der Waals surface area (Å²) in [6.45, 7) is 3.03. The van der Waals surface area contributed by atoms with Crippen LogP contribution in [0.15, 0.2) is 29.2 Å². The smallest absolute Gasteiger partial charge is 0.177 e. The molecule has 18 heavy (non-hydrogen) atoms. The van der Waals surface area contributed by atoms with Gasteiger partial charge in [0, 0.05) is 12.3 Å². The molecule has 0 aromatic heterocycles. The highest BCUT2D eigenvalue weighted by Crippen LogP contribution is 2.21. The van der Waals surface area contributed by atoms with Gasteiger partial charge in [-0.05, 0) is 46.1 Å². The highest BCUT2D eigenvalue weighted by molar-refractivity contribution is 7.90. The Hall–Kier alpha value is -1.07. The molecule has 0 saturated carbocycles. The Morgan fingerprint density at radius 3 is 2.44 bits per heavy atom. The lowest BCUT2D eigenvalue weighted by Crippen LogP contribution is -2.23. The fourth-order valence-corrected chi connectivity index (χ4v) is 2.55. The molecule has 0 heterocycles. The lowest BCUT2D eigenvalue weighted by atomic mass is 10.2. The second-order valence-electron chi connectivity index (χ2n) is 4.91. The van der Waals surface area contributed by atoms with Crippen molar-refractivity contribution in [3.05, 3.63) is 24.3 Å². The first-order valence-electron chi connectivity index (χ1n) is 6.01. The number of nitrogens with zero attached hydrogens (tertiary/aromatic N) is 1. The third-order valence-corrected chi connectivity index (χ3v) is 3.85. The zero-order valence-corrected chi connectivity index (χ0v) is 12.3. The standard InChI is InChI=1S/C13H22N2O2S/c1-11(9-10-15(2)3)14-12-7-5-6-8-13(12)18(4,16)17/h5-8,11,14H,9-10H2,1-4H3. The Kier molecular flexibility index (Phi) is 5.16. The van der Waals surface area contributed by atoms with Crippen molar-refractivity contribution in [2.45, 2.75) is 24.3 Å². The van der Waals surface area contributed by atoms with Crippen LogP contribution >= 0.6 is 0 Å². The molecule has 1 N–H and O–H groups in total. The molecule has 102 valence electrons. The van der Waals surface area contributed by atoms with E-state index in [1.165, 1.54) is 6.26 Å². The molecule has 1 unspecified atom stereocenters. The summed E-state index contributed by atoms with van der Waals surface area (Å²) in [5.74, 6) is 0. The predicted molar refractivity (Wildman–Crippen MR) is 75.8 cm³/mol. The highest BCUT2D eigenvalue weighted by atomic mass is 32.2. The van der Waals surface area contributed by atoms with E-state index in [1.807, 2.05) is 26.2 Å². The Labute approximate surface area is 110 Å². The average Bonchev–Trinajstić information content (AvgIpc) is 2.25. The van der Waals surface area contributed by atoms with Crippen molar-refractivity contribution in [3.8, 4) is 0 Å². The summed E-state index contributed by atoms with van der Waals surface area (Å²) in [6.07, 6.45) is 2.20. The fraction of sp³-hybridized carbons (Fsp3) is 0.538. The third kappa shape index (κ3) is 4.66. The molecule has 0 amide bonds. The molecule has 0 saturated heterocycles. The molecule has 1 aromatic rings. The van der Waals surface area contributed by atoms with E-state index in [1.54, 1.807) is 12.1 Å². The maximum absolute atomic E-state index is 11.7. The van der Waals surface area contributed by atoms with Crippen molar-refractivity contribution in [2.24, 2.45) is 0 Å². The van der Waals surface area contributed by atoms with E-state index in [2.05, 4.69) is 17.1 Å². The van der Waals surface area contributed by atoms with Gasteiger partial charge in [-0.15, -0.1) is 0 Å². The third-order valence-electron chi connectivity index (χ3n) is 2.70. The molecule has 0 bridgehead atoms. The lowest BCUT2D eigenvalue weighted by Gasteiger charge is -2.19. The van der Waals surface area contributed by atoms with E-state index in [-0.39, 0.29) is 6.04 Å². The van der Waals surface area contributed by atoms with E-state index >= 15 is 0 Å². The van der Waals surface area contributed by atoms with E-state index in [4.69, 9.17) is 0 Å². The zero-order chi connectivity index (χ0) is 13.8. The van der Waals surface area contributed by atoms with E-state index in [0.717, 1.165) is 13.0 Å². The summed E-state index contributed by atoms with van der Waals surface area (Å²) in [7, 11) is 0.867.